The maximum absolute atomic E-state index is 13.3. The van der Waals surface area contributed by atoms with E-state index in [-0.39, 0.29) is 17.2 Å². The Morgan fingerprint density at radius 3 is 2.57 bits per heavy atom. The summed E-state index contributed by atoms with van der Waals surface area (Å²) in [5.74, 6) is 0.217. The summed E-state index contributed by atoms with van der Waals surface area (Å²) >= 11 is 0. The molecule has 0 aliphatic heterocycles. The molecule has 0 aliphatic rings. The number of rotatable bonds is 8. The lowest BCUT2D eigenvalue weighted by Gasteiger charge is -2.18. The lowest BCUT2D eigenvalue weighted by molar-refractivity contribution is 0.0926. The van der Waals surface area contributed by atoms with Gasteiger partial charge < -0.3 is 14.5 Å². The van der Waals surface area contributed by atoms with Crippen LogP contribution in [0, 0.1) is 0 Å². The third kappa shape index (κ3) is 4.40. The Bertz CT molecular complexity index is 1000. The van der Waals surface area contributed by atoms with Gasteiger partial charge in [-0.1, -0.05) is 6.07 Å². The monoisotopic (exact) mass is 400 g/mol. The highest BCUT2D eigenvalue weighted by Gasteiger charge is 2.30. The van der Waals surface area contributed by atoms with Crippen molar-refractivity contribution < 1.29 is 22.4 Å². The lowest BCUT2D eigenvalue weighted by atomic mass is 10.2. The minimum atomic E-state index is -3.79. The van der Waals surface area contributed by atoms with Crippen LogP contribution < -0.4 is 10.1 Å². The molecule has 28 heavy (non-hydrogen) atoms. The Labute approximate surface area is 163 Å². The van der Waals surface area contributed by atoms with Crippen molar-refractivity contribution in [2.45, 2.75) is 17.1 Å². The molecule has 3 rings (SSSR count). The molecule has 1 unspecified atom stereocenters. The number of furan rings is 1. The number of hydrogen-bond acceptors (Lipinski definition) is 6. The first-order chi connectivity index (χ1) is 13.5. The number of nitrogens with one attached hydrogen (secondary N) is 1. The highest BCUT2D eigenvalue weighted by atomic mass is 32.2. The van der Waals surface area contributed by atoms with Crippen molar-refractivity contribution in [1.29, 1.82) is 0 Å². The summed E-state index contributed by atoms with van der Waals surface area (Å²) in [4.78, 5) is 16.3. The first-order valence-corrected chi connectivity index (χ1v) is 10.3. The average Bonchev–Trinajstić information content (AvgIpc) is 3.24. The van der Waals surface area contributed by atoms with Crippen LogP contribution in [0.15, 0.2) is 76.5 Å². The van der Waals surface area contributed by atoms with Gasteiger partial charge in [0.15, 0.2) is 15.6 Å². The number of nitrogens with zero attached hydrogens (tertiary/aromatic N) is 1. The minimum Gasteiger partial charge on any atom is -0.494 e. The molecular weight excluding hydrogens is 380 g/mol. The Morgan fingerprint density at radius 1 is 1.18 bits per heavy atom. The van der Waals surface area contributed by atoms with E-state index in [4.69, 9.17) is 9.15 Å². The molecule has 0 saturated carbocycles. The fraction of sp³-hybridized carbons (Fsp3) is 0.200. The van der Waals surface area contributed by atoms with Crippen molar-refractivity contribution in [2.24, 2.45) is 0 Å². The van der Waals surface area contributed by atoms with Crippen LogP contribution in [0.3, 0.4) is 0 Å². The molecular formula is C20H20N2O5S. The number of aromatic nitrogens is 1. The molecule has 1 aromatic carbocycles. The van der Waals surface area contributed by atoms with Gasteiger partial charge in [-0.25, -0.2) is 8.42 Å². The fourth-order valence-electron chi connectivity index (χ4n) is 2.71. The maximum atomic E-state index is 13.3. The molecule has 7 nitrogen and oxygen atoms in total. The van der Waals surface area contributed by atoms with E-state index >= 15 is 0 Å². The van der Waals surface area contributed by atoms with Crippen molar-refractivity contribution in [3.05, 3.63) is 78.5 Å². The van der Waals surface area contributed by atoms with E-state index in [1.54, 1.807) is 36.5 Å². The SMILES string of the molecule is CCOc1ccc(S(=O)(=O)C(CNC(=O)c2ccco2)c2cccnc2)cc1. The summed E-state index contributed by atoms with van der Waals surface area (Å²) in [6.45, 7) is 2.22. The summed E-state index contributed by atoms with van der Waals surface area (Å²) in [6, 6.07) is 12.6. The van der Waals surface area contributed by atoms with Gasteiger partial charge in [0, 0.05) is 18.9 Å². The number of carbonyl (C=O) groups is 1. The highest BCUT2D eigenvalue weighted by Crippen LogP contribution is 2.29. The predicted molar refractivity (Wildman–Crippen MR) is 103 cm³/mol. The van der Waals surface area contributed by atoms with Gasteiger partial charge in [0.1, 0.15) is 11.0 Å². The second kappa shape index (κ2) is 8.71. The molecule has 2 aromatic heterocycles. The molecule has 8 heteroatoms. The zero-order valence-electron chi connectivity index (χ0n) is 15.2. The summed E-state index contributed by atoms with van der Waals surface area (Å²) in [5, 5.41) is 1.63. The van der Waals surface area contributed by atoms with Crippen molar-refractivity contribution in [2.75, 3.05) is 13.2 Å². The molecule has 0 saturated heterocycles. The molecule has 0 bridgehead atoms. The van der Waals surface area contributed by atoms with E-state index in [1.807, 2.05) is 6.92 Å². The zero-order chi connectivity index (χ0) is 20.0. The minimum absolute atomic E-state index is 0.114. The van der Waals surface area contributed by atoms with Gasteiger partial charge >= 0.3 is 0 Å². The average molecular weight is 400 g/mol. The standard InChI is InChI=1S/C20H20N2O5S/c1-2-26-16-7-9-17(10-8-16)28(24,25)19(15-5-3-11-21-13-15)14-22-20(23)18-6-4-12-27-18/h3-13,19H,2,14H2,1H3,(H,22,23). The Hall–Kier alpha value is -3.13. The molecule has 0 spiro atoms. The van der Waals surface area contributed by atoms with Crippen molar-refractivity contribution in [3.8, 4) is 5.75 Å². The molecule has 1 atom stereocenters. The molecule has 0 aliphatic carbocycles. The van der Waals surface area contributed by atoms with Gasteiger partial charge in [0.2, 0.25) is 0 Å². The van der Waals surface area contributed by atoms with Crippen LogP contribution in [0.2, 0.25) is 0 Å². The van der Waals surface area contributed by atoms with Crippen LogP contribution in [-0.4, -0.2) is 32.5 Å². The molecule has 0 fully saturated rings. The molecule has 0 radical (unpaired) electrons. The number of amides is 1. The molecule has 146 valence electrons. The van der Waals surface area contributed by atoms with E-state index in [1.165, 1.54) is 30.7 Å². The van der Waals surface area contributed by atoms with Gasteiger partial charge in [-0.05, 0) is 55.0 Å². The van der Waals surface area contributed by atoms with Gasteiger partial charge in [0.05, 0.1) is 17.8 Å². The number of carbonyl (C=O) groups excluding carboxylic acids is 1. The van der Waals surface area contributed by atoms with Crippen molar-refractivity contribution >= 4 is 15.7 Å². The van der Waals surface area contributed by atoms with E-state index in [0.29, 0.717) is 17.9 Å². The van der Waals surface area contributed by atoms with Gasteiger partial charge in [-0.2, -0.15) is 0 Å². The summed E-state index contributed by atoms with van der Waals surface area (Å²) in [6.07, 6.45) is 4.42. The number of benzene rings is 1. The van der Waals surface area contributed by atoms with Gasteiger partial charge in [-0.3, -0.25) is 9.78 Å². The van der Waals surface area contributed by atoms with Crippen LogP contribution in [0.5, 0.6) is 5.75 Å². The Kier molecular flexibility index (Phi) is 6.10. The number of pyridine rings is 1. The van der Waals surface area contributed by atoms with Crippen LogP contribution in [-0.2, 0) is 9.84 Å². The highest BCUT2D eigenvalue weighted by molar-refractivity contribution is 7.91. The predicted octanol–water partition coefficient (Wildman–Crippen LogP) is 3.02. The number of sulfone groups is 1. The van der Waals surface area contributed by atoms with Crippen LogP contribution in [0.25, 0.3) is 0 Å². The van der Waals surface area contributed by atoms with E-state index in [9.17, 15) is 13.2 Å². The zero-order valence-corrected chi connectivity index (χ0v) is 16.1. The largest absolute Gasteiger partial charge is 0.494 e. The van der Waals surface area contributed by atoms with Crippen molar-refractivity contribution in [3.63, 3.8) is 0 Å². The van der Waals surface area contributed by atoms with Crippen LogP contribution in [0.4, 0.5) is 0 Å². The Balaban J connectivity index is 1.88. The normalized spacial score (nSPS) is 12.3. The maximum Gasteiger partial charge on any atom is 0.287 e. The topological polar surface area (TPSA) is 98.5 Å². The number of ether oxygens (including phenoxy) is 1. The first-order valence-electron chi connectivity index (χ1n) is 8.70. The third-order valence-corrected chi connectivity index (χ3v) is 6.20. The van der Waals surface area contributed by atoms with E-state index in [0.717, 1.165) is 0 Å². The van der Waals surface area contributed by atoms with Crippen molar-refractivity contribution in [1.82, 2.24) is 10.3 Å². The molecule has 1 amide bonds. The molecule has 1 N–H and O–H groups in total. The summed E-state index contributed by atoms with van der Waals surface area (Å²) in [7, 11) is -3.79. The molecule has 3 aromatic rings. The summed E-state index contributed by atoms with van der Waals surface area (Å²) in [5.41, 5.74) is 0.483. The number of hydrogen-bond donors (Lipinski definition) is 1. The van der Waals surface area contributed by atoms with E-state index in [2.05, 4.69) is 10.3 Å². The smallest absolute Gasteiger partial charge is 0.287 e. The Morgan fingerprint density at radius 2 is 1.96 bits per heavy atom. The summed E-state index contributed by atoms with van der Waals surface area (Å²) < 4.78 is 36.9. The second-order valence-corrected chi connectivity index (χ2v) is 8.04. The lowest BCUT2D eigenvalue weighted by Crippen LogP contribution is -2.31. The van der Waals surface area contributed by atoms with Crippen LogP contribution >= 0.6 is 0 Å². The van der Waals surface area contributed by atoms with Gasteiger partial charge in [-0.15, -0.1) is 0 Å². The van der Waals surface area contributed by atoms with Gasteiger partial charge in [0.25, 0.3) is 5.91 Å². The fourth-order valence-corrected chi connectivity index (χ4v) is 4.35. The first kappa shape index (κ1) is 19.6. The quantitative estimate of drug-likeness (QED) is 0.624. The second-order valence-electron chi connectivity index (χ2n) is 5.91. The molecule has 2 heterocycles. The van der Waals surface area contributed by atoms with E-state index < -0.39 is 21.0 Å². The van der Waals surface area contributed by atoms with Crippen LogP contribution in [0.1, 0.15) is 28.3 Å². The third-order valence-electron chi connectivity index (χ3n) is 4.09.